The number of methoxy groups -OCH3 is 1. The molecule has 0 radical (unpaired) electrons. The van der Waals surface area contributed by atoms with E-state index < -0.39 is 5.97 Å². The first kappa shape index (κ1) is 17.2. The zero-order valence-corrected chi connectivity index (χ0v) is 13.8. The third-order valence-electron chi connectivity index (χ3n) is 2.73. The molecule has 0 aliphatic heterocycles. The standard InChI is InChI=1S/C14H13ClN2O5S/c1-3-11-16-17-14(22-11)23-10(13(19)20)6-7-4-8(15)12(18)9(5-7)21-2/h4-6,18H,3H2,1-2H3,(H,19,20)/b10-6-. The monoisotopic (exact) mass is 356 g/mol. The van der Waals surface area contributed by atoms with Gasteiger partial charge in [-0.2, -0.15) is 0 Å². The number of hydrogen-bond acceptors (Lipinski definition) is 7. The van der Waals surface area contributed by atoms with E-state index in [1.807, 2.05) is 6.92 Å². The molecule has 0 fully saturated rings. The molecule has 0 spiro atoms. The summed E-state index contributed by atoms with van der Waals surface area (Å²) in [7, 11) is 1.37. The first-order valence-corrected chi connectivity index (χ1v) is 7.65. The molecule has 0 aliphatic rings. The van der Waals surface area contributed by atoms with E-state index in [2.05, 4.69) is 10.2 Å². The van der Waals surface area contributed by atoms with E-state index in [9.17, 15) is 15.0 Å². The Morgan fingerprint density at radius 1 is 1.48 bits per heavy atom. The Labute approximate surface area is 140 Å². The number of aromatic hydroxyl groups is 1. The van der Waals surface area contributed by atoms with Crippen molar-refractivity contribution in [3.05, 3.63) is 33.5 Å². The lowest BCUT2D eigenvalue weighted by Gasteiger charge is -2.07. The summed E-state index contributed by atoms with van der Waals surface area (Å²) < 4.78 is 10.3. The molecule has 1 aromatic heterocycles. The van der Waals surface area contributed by atoms with Gasteiger partial charge in [0.1, 0.15) is 4.91 Å². The second-order valence-corrected chi connectivity index (χ2v) is 5.69. The number of carboxylic acids is 1. The normalized spacial score (nSPS) is 11.5. The molecule has 23 heavy (non-hydrogen) atoms. The molecule has 1 heterocycles. The van der Waals surface area contributed by atoms with E-state index in [1.165, 1.54) is 25.3 Å². The van der Waals surface area contributed by atoms with E-state index >= 15 is 0 Å². The Morgan fingerprint density at radius 2 is 2.22 bits per heavy atom. The number of aryl methyl sites for hydroxylation is 1. The SMILES string of the molecule is CCc1nnc(S/C(=C\c2cc(Cl)c(O)c(OC)c2)C(=O)O)o1. The van der Waals surface area contributed by atoms with Gasteiger partial charge in [0.2, 0.25) is 5.89 Å². The highest BCUT2D eigenvalue weighted by Gasteiger charge is 2.16. The van der Waals surface area contributed by atoms with Crippen LogP contribution in [0.1, 0.15) is 18.4 Å². The van der Waals surface area contributed by atoms with Crippen LogP contribution in [0.15, 0.2) is 26.7 Å². The fourth-order valence-electron chi connectivity index (χ4n) is 1.64. The van der Waals surface area contributed by atoms with Gasteiger partial charge in [-0.25, -0.2) is 4.79 Å². The highest BCUT2D eigenvalue weighted by Crippen LogP contribution is 2.36. The van der Waals surface area contributed by atoms with Gasteiger partial charge < -0.3 is 19.4 Å². The minimum absolute atomic E-state index is 0.0416. The molecule has 2 rings (SSSR count). The van der Waals surface area contributed by atoms with Gasteiger partial charge in [0.15, 0.2) is 11.5 Å². The topological polar surface area (TPSA) is 106 Å². The van der Waals surface area contributed by atoms with Crippen molar-refractivity contribution in [3.8, 4) is 11.5 Å². The van der Waals surface area contributed by atoms with Crippen LogP contribution >= 0.6 is 23.4 Å². The number of hydrogen-bond donors (Lipinski definition) is 2. The maximum absolute atomic E-state index is 11.4. The number of ether oxygens (including phenoxy) is 1. The smallest absolute Gasteiger partial charge is 0.342 e. The zero-order chi connectivity index (χ0) is 17.0. The fourth-order valence-corrected chi connectivity index (χ4v) is 2.54. The summed E-state index contributed by atoms with van der Waals surface area (Å²) in [5.41, 5.74) is 0.449. The predicted molar refractivity (Wildman–Crippen MR) is 84.8 cm³/mol. The summed E-state index contributed by atoms with van der Waals surface area (Å²) >= 11 is 6.72. The number of phenols is 1. The number of halogens is 1. The Balaban J connectivity index is 2.35. The van der Waals surface area contributed by atoms with E-state index in [-0.39, 0.29) is 26.6 Å². The summed E-state index contributed by atoms with van der Waals surface area (Å²) in [5, 5.41) is 26.7. The lowest BCUT2D eigenvalue weighted by molar-refractivity contribution is -0.131. The second-order valence-electron chi connectivity index (χ2n) is 4.28. The summed E-state index contributed by atoms with van der Waals surface area (Å²) in [6.45, 7) is 1.85. The van der Waals surface area contributed by atoms with E-state index in [1.54, 1.807) is 0 Å². The van der Waals surface area contributed by atoms with Crippen LogP contribution in [0.5, 0.6) is 11.5 Å². The molecule has 0 amide bonds. The average molecular weight is 357 g/mol. The summed E-state index contributed by atoms with van der Waals surface area (Å²) in [4.78, 5) is 11.4. The van der Waals surface area contributed by atoms with Crippen molar-refractivity contribution in [1.29, 1.82) is 0 Å². The number of benzene rings is 1. The molecule has 1 aromatic carbocycles. The van der Waals surface area contributed by atoms with Gasteiger partial charge in [0, 0.05) is 6.42 Å². The molecular formula is C14H13ClN2O5S. The third-order valence-corrected chi connectivity index (χ3v) is 3.87. The van der Waals surface area contributed by atoms with Gasteiger partial charge in [-0.1, -0.05) is 18.5 Å². The average Bonchev–Trinajstić information content (AvgIpc) is 2.97. The lowest BCUT2D eigenvalue weighted by Crippen LogP contribution is -1.97. The van der Waals surface area contributed by atoms with Crippen LogP contribution < -0.4 is 4.74 Å². The summed E-state index contributed by atoms with van der Waals surface area (Å²) in [6.07, 6.45) is 1.93. The molecule has 0 bridgehead atoms. The number of phenolic OH excluding ortho intramolecular Hbond substituents is 1. The van der Waals surface area contributed by atoms with Crippen LogP contribution in [-0.2, 0) is 11.2 Å². The van der Waals surface area contributed by atoms with E-state index in [0.717, 1.165) is 11.8 Å². The molecule has 0 aliphatic carbocycles. The van der Waals surface area contributed by atoms with E-state index in [0.29, 0.717) is 17.9 Å². The minimum Gasteiger partial charge on any atom is -0.503 e. The third kappa shape index (κ3) is 4.17. The number of rotatable bonds is 6. The molecule has 122 valence electrons. The van der Waals surface area contributed by atoms with Crippen molar-refractivity contribution < 1.29 is 24.2 Å². The molecular weight excluding hydrogens is 344 g/mol. The Kier molecular flexibility index (Phi) is 5.51. The van der Waals surface area contributed by atoms with Gasteiger partial charge in [0.05, 0.1) is 12.1 Å². The van der Waals surface area contributed by atoms with E-state index in [4.69, 9.17) is 20.8 Å². The predicted octanol–water partition coefficient (Wildman–Crippen LogP) is 3.22. The Hall–Kier alpha value is -2.19. The number of nitrogens with zero attached hydrogens (tertiary/aromatic N) is 2. The number of carboxylic acid groups (broad SMARTS) is 1. The van der Waals surface area contributed by atoms with Crippen molar-refractivity contribution in [1.82, 2.24) is 10.2 Å². The molecule has 2 N–H and O–H groups in total. The van der Waals surface area contributed by atoms with Crippen LogP contribution in [0.25, 0.3) is 6.08 Å². The Morgan fingerprint density at radius 3 is 2.78 bits per heavy atom. The highest BCUT2D eigenvalue weighted by atomic mass is 35.5. The minimum atomic E-state index is -1.16. The molecule has 9 heteroatoms. The molecule has 0 saturated carbocycles. The van der Waals surface area contributed by atoms with Crippen LogP contribution in [0.4, 0.5) is 0 Å². The number of aromatic nitrogens is 2. The van der Waals surface area contributed by atoms with Gasteiger partial charge in [-0.3, -0.25) is 0 Å². The van der Waals surface area contributed by atoms with Gasteiger partial charge >= 0.3 is 5.97 Å². The molecule has 0 saturated heterocycles. The maximum atomic E-state index is 11.4. The van der Waals surface area contributed by atoms with Crippen molar-refractivity contribution in [2.75, 3.05) is 7.11 Å². The fraction of sp³-hybridized carbons (Fsp3) is 0.214. The number of thioether (sulfide) groups is 1. The highest BCUT2D eigenvalue weighted by molar-refractivity contribution is 8.03. The van der Waals surface area contributed by atoms with Crippen LogP contribution in [0, 0.1) is 0 Å². The van der Waals surface area contributed by atoms with Crippen LogP contribution in [-0.4, -0.2) is 33.5 Å². The molecule has 7 nitrogen and oxygen atoms in total. The first-order chi connectivity index (χ1) is 10.9. The molecule has 0 unspecified atom stereocenters. The van der Waals surface area contributed by atoms with Gasteiger partial charge in [0.25, 0.3) is 5.22 Å². The second kappa shape index (κ2) is 7.38. The van der Waals surface area contributed by atoms with Crippen LogP contribution in [0.2, 0.25) is 5.02 Å². The Bertz CT molecular complexity index is 760. The van der Waals surface area contributed by atoms with Crippen molar-refractivity contribution in [2.45, 2.75) is 18.6 Å². The summed E-state index contributed by atoms with van der Waals surface area (Å²) in [5.74, 6) is -0.800. The van der Waals surface area contributed by atoms with Crippen molar-refractivity contribution >= 4 is 35.4 Å². The van der Waals surface area contributed by atoms with Crippen molar-refractivity contribution in [3.63, 3.8) is 0 Å². The van der Waals surface area contributed by atoms with Crippen molar-refractivity contribution in [2.24, 2.45) is 0 Å². The number of carbonyl (C=O) groups is 1. The molecule has 0 atom stereocenters. The molecule has 2 aromatic rings. The largest absolute Gasteiger partial charge is 0.503 e. The van der Waals surface area contributed by atoms with Crippen LogP contribution in [0.3, 0.4) is 0 Å². The lowest BCUT2D eigenvalue weighted by atomic mass is 10.2. The maximum Gasteiger partial charge on any atom is 0.342 e. The van der Waals surface area contributed by atoms with Gasteiger partial charge in [-0.05, 0) is 35.5 Å². The van der Waals surface area contributed by atoms with Gasteiger partial charge in [-0.15, -0.1) is 10.2 Å². The quantitative estimate of drug-likeness (QED) is 0.600. The zero-order valence-electron chi connectivity index (χ0n) is 12.2. The summed E-state index contributed by atoms with van der Waals surface area (Å²) in [6, 6.07) is 2.89. The first-order valence-electron chi connectivity index (χ1n) is 6.46. The number of aliphatic carboxylic acids is 1.